The van der Waals surface area contributed by atoms with Crippen LogP contribution in [0.1, 0.15) is 32.6 Å². The standard InChI is InChI=1S/C16H25N3O/c1-2-19(12-13-5-6-13)11-3-4-16(20)18-15-9-7-14(17)8-10-15/h7-10,13H,2-6,11-12,17H2,1H3,(H,18,20). The van der Waals surface area contributed by atoms with Gasteiger partial charge in [-0.1, -0.05) is 6.92 Å². The summed E-state index contributed by atoms with van der Waals surface area (Å²) >= 11 is 0. The first-order valence-electron chi connectivity index (χ1n) is 7.55. The Kier molecular flexibility index (Phi) is 5.41. The van der Waals surface area contributed by atoms with Crippen LogP contribution in [0, 0.1) is 5.92 Å². The summed E-state index contributed by atoms with van der Waals surface area (Å²) in [7, 11) is 0. The lowest BCUT2D eigenvalue weighted by molar-refractivity contribution is -0.116. The molecule has 1 saturated carbocycles. The summed E-state index contributed by atoms with van der Waals surface area (Å²) in [5, 5.41) is 2.90. The van der Waals surface area contributed by atoms with Gasteiger partial charge in [0.1, 0.15) is 0 Å². The number of rotatable bonds is 8. The molecule has 1 fully saturated rings. The number of carbonyl (C=O) groups excluding carboxylic acids is 1. The highest BCUT2D eigenvalue weighted by molar-refractivity contribution is 5.90. The van der Waals surface area contributed by atoms with E-state index >= 15 is 0 Å². The number of benzene rings is 1. The summed E-state index contributed by atoms with van der Waals surface area (Å²) in [4.78, 5) is 14.3. The normalized spacial score (nSPS) is 14.5. The van der Waals surface area contributed by atoms with Crippen molar-refractivity contribution >= 4 is 17.3 Å². The summed E-state index contributed by atoms with van der Waals surface area (Å²) in [6.07, 6.45) is 4.26. The second kappa shape index (κ2) is 7.29. The Morgan fingerprint density at radius 2 is 2.05 bits per heavy atom. The van der Waals surface area contributed by atoms with Crippen molar-refractivity contribution in [2.45, 2.75) is 32.6 Å². The molecule has 1 aromatic carbocycles. The van der Waals surface area contributed by atoms with Crippen LogP contribution >= 0.6 is 0 Å². The van der Waals surface area contributed by atoms with Crippen LogP contribution in [0.4, 0.5) is 11.4 Å². The summed E-state index contributed by atoms with van der Waals surface area (Å²) in [6.45, 7) is 5.49. The summed E-state index contributed by atoms with van der Waals surface area (Å²) < 4.78 is 0. The Hall–Kier alpha value is -1.55. The average molecular weight is 275 g/mol. The zero-order valence-corrected chi connectivity index (χ0v) is 12.3. The number of hydrogen-bond acceptors (Lipinski definition) is 3. The van der Waals surface area contributed by atoms with Crippen LogP contribution in [-0.4, -0.2) is 30.4 Å². The van der Waals surface area contributed by atoms with Gasteiger partial charge in [0.25, 0.3) is 0 Å². The van der Waals surface area contributed by atoms with Crippen molar-refractivity contribution in [2.24, 2.45) is 5.92 Å². The molecule has 4 heteroatoms. The number of nitrogens with one attached hydrogen (secondary N) is 1. The van der Waals surface area contributed by atoms with Gasteiger partial charge in [-0.3, -0.25) is 4.79 Å². The molecule has 0 aromatic heterocycles. The molecule has 0 radical (unpaired) electrons. The molecule has 1 aromatic rings. The van der Waals surface area contributed by atoms with Crippen LogP contribution in [0.5, 0.6) is 0 Å². The largest absolute Gasteiger partial charge is 0.399 e. The summed E-state index contributed by atoms with van der Waals surface area (Å²) in [5.74, 6) is 0.996. The van der Waals surface area contributed by atoms with Crippen molar-refractivity contribution in [3.63, 3.8) is 0 Å². The number of anilines is 2. The highest BCUT2D eigenvalue weighted by atomic mass is 16.1. The molecule has 1 aliphatic rings. The Bertz CT molecular complexity index is 426. The molecule has 0 saturated heterocycles. The van der Waals surface area contributed by atoms with Crippen molar-refractivity contribution in [1.29, 1.82) is 0 Å². The average Bonchev–Trinajstić information content (AvgIpc) is 3.24. The van der Waals surface area contributed by atoms with Crippen molar-refractivity contribution in [3.05, 3.63) is 24.3 Å². The molecule has 4 nitrogen and oxygen atoms in total. The first-order valence-corrected chi connectivity index (χ1v) is 7.55. The molecule has 20 heavy (non-hydrogen) atoms. The molecule has 1 amide bonds. The number of carbonyl (C=O) groups is 1. The maximum Gasteiger partial charge on any atom is 0.224 e. The van der Waals surface area contributed by atoms with Gasteiger partial charge in [0, 0.05) is 24.3 Å². The summed E-state index contributed by atoms with van der Waals surface area (Å²) in [6, 6.07) is 7.26. The first kappa shape index (κ1) is 14.9. The van der Waals surface area contributed by atoms with E-state index in [0.29, 0.717) is 12.1 Å². The van der Waals surface area contributed by atoms with Crippen LogP contribution in [-0.2, 0) is 4.79 Å². The van der Waals surface area contributed by atoms with Gasteiger partial charge in [-0.25, -0.2) is 0 Å². The van der Waals surface area contributed by atoms with Crippen LogP contribution < -0.4 is 11.1 Å². The molecule has 0 unspecified atom stereocenters. The SMILES string of the molecule is CCN(CCCC(=O)Nc1ccc(N)cc1)CC1CC1. The van der Waals surface area contributed by atoms with Gasteiger partial charge in [-0.15, -0.1) is 0 Å². The molecule has 0 bridgehead atoms. The number of nitrogens with two attached hydrogens (primary N) is 1. The first-order chi connectivity index (χ1) is 9.67. The Labute approximate surface area is 121 Å². The molecule has 0 heterocycles. The van der Waals surface area contributed by atoms with Gasteiger partial charge in [0.15, 0.2) is 0 Å². The Morgan fingerprint density at radius 1 is 1.35 bits per heavy atom. The number of hydrogen-bond donors (Lipinski definition) is 2. The number of nitrogens with zero attached hydrogens (tertiary/aromatic N) is 1. The van der Waals surface area contributed by atoms with Crippen LogP contribution in [0.3, 0.4) is 0 Å². The minimum atomic E-state index is 0.0808. The highest BCUT2D eigenvalue weighted by Crippen LogP contribution is 2.29. The van der Waals surface area contributed by atoms with Gasteiger partial charge in [-0.2, -0.15) is 0 Å². The fraction of sp³-hybridized carbons (Fsp3) is 0.562. The molecular formula is C16H25N3O. The van der Waals surface area contributed by atoms with E-state index in [9.17, 15) is 4.79 Å². The summed E-state index contributed by atoms with van der Waals surface area (Å²) in [5.41, 5.74) is 7.14. The molecule has 2 rings (SSSR count). The van der Waals surface area contributed by atoms with Crippen molar-refractivity contribution in [2.75, 3.05) is 30.7 Å². The molecule has 0 spiro atoms. The van der Waals surface area contributed by atoms with E-state index in [0.717, 1.165) is 31.1 Å². The van der Waals surface area contributed by atoms with Crippen molar-refractivity contribution in [3.8, 4) is 0 Å². The molecule has 3 N–H and O–H groups in total. The monoisotopic (exact) mass is 275 g/mol. The topological polar surface area (TPSA) is 58.4 Å². The van der Waals surface area contributed by atoms with Crippen molar-refractivity contribution < 1.29 is 4.79 Å². The third-order valence-electron chi connectivity index (χ3n) is 3.73. The minimum absolute atomic E-state index is 0.0808. The lowest BCUT2D eigenvalue weighted by Gasteiger charge is -2.19. The maximum atomic E-state index is 11.8. The maximum absolute atomic E-state index is 11.8. The van der Waals surface area contributed by atoms with Crippen LogP contribution in [0.2, 0.25) is 0 Å². The van der Waals surface area contributed by atoms with Crippen molar-refractivity contribution in [1.82, 2.24) is 4.90 Å². The highest BCUT2D eigenvalue weighted by Gasteiger charge is 2.23. The molecule has 0 aliphatic heterocycles. The van der Waals surface area contributed by atoms with E-state index < -0.39 is 0 Å². The molecular weight excluding hydrogens is 250 g/mol. The van der Waals surface area contributed by atoms with E-state index in [1.165, 1.54) is 19.4 Å². The Morgan fingerprint density at radius 3 is 2.65 bits per heavy atom. The quantitative estimate of drug-likeness (QED) is 0.717. The lowest BCUT2D eigenvalue weighted by atomic mass is 10.2. The number of nitrogen functional groups attached to an aromatic ring is 1. The minimum Gasteiger partial charge on any atom is -0.399 e. The van der Waals surface area contributed by atoms with Gasteiger partial charge in [-0.05, 0) is 62.5 Å². The van der Waals surface area contributed by atoms with E-state index in [1.807, 2.05) is 12.1 Å². The fourth-order valence-electron chi connectivity index (χ4n) is 2.30. The van der Waals surface area contributed by atoms with Gasteiger partial charge >= 0.3 is 0 Å². The third-order valence-corrected chi connectivity index (χ3v) is 3.73. The predicted octanol–water partition coefficient (Wildman–Crippen LogP) is 2.72. The third kappa shape index (κ3) is 5.21. The number of amides is 1. The molecule has 0 atom stereocenters. The second-order valence-corrected chi connectivity index (χ2v) is 5.61. The predicted molar refractivity (Wildman–Crippen MR) is 83.6 cm³/mol. The van der Waals surface area contributed by atoms with Gasteiger partial charge in [0.05, 0.1) is 0 Å². The van der Waals surface area contributed by atoms with E-state index in [1.54, 1.807) is 12.1 Å². The fourth-order valence-corrected chi connectivity index (χ4v) is 2.30. The molecule has 110 valence electrons. The van der Waals surface area contributed by atoms with E-state index in [-0.39, 0.29) is 5.91 Å². The van der Waals surface area contributed by atoms with Gasteiger partial charge in [0.2, 0.25) is 5.91 Å². The smallest absolute Gasteiger partial charge is 0.224 e. The van der Waals surface area contributed by atoms with E-state index in [4.69, 9.17) is 5.73 Å². The molecule has 1 aliphatic carbocycles. The zero-order valence-electron chi connectivity index (χ0n) is 12.3. The van der Waals surface area contributed by atoms with Crippen LogP contribution in [0.15, 0.2) is 24.3 Å². The Balaban J connectivity index is 1.65. The lowest BCUT2D eigenvalue weighted by Crippen LogP contribution is -2.27. The zero-order chi connectivity index (χ0) is 14.4. The van der Waals surface area contributed by atoms with E-state index in [2.05, 4.69) is 17.1 Å². The van der Waals surface area contributed by atoms with Gasteiger partial charge < -0.3 is 16.0 Å². The second-order valence-electron chi connectivity index (χ2n) is 5.61. The van der Waals surface area contributed by atoms with Crippen LogP contribution in [0.25, 0.3) is 0 Å².